The third kappa shape index (κ3) is 8.04. The van der Waals surface area contributed by atoms with E-state index in [1.54, 1.807) is 34.6 Å². The number of hydrogen-bond acceptors (Lipinski definition) is 7. The van der Waals surface area contributed by atoms with Gasteiger partial charge >= 0.3 is 12.1 Å². The van der Waals surface area contributed by atoms with Gasteiger partial charge in [-0.15, -0.1) is 0 Å². The highest BCUT2D eigenvalue weighted by atomic mass is 16.6. The van der Waals surface area contributed by atoms with E-state index < -0.39 is 34.7 Å². The van der Waals surface area contributed by atoms with Crippen molar-refractivity contribution in [3.8, 4) is 0 Å². The summed E-state index contributed by atoms with van der Waals surface area (Å²) in [5.41, 5.74) is -0.626. The summed E-state index contributed by atoms with van der Waals surface area (Å²) in [4.78, 5) is 34.4. The highest BCUT2D eigenvalue weighted by Crippen LogP contribution is 2.14. The molecule has 0 bridgehead atoms. The lowest BCUT2D eigenvalue weighted by atomic mass is 10.1. The lowest BCUT2D eigenvalue weighted by Crippen LogP contribution is -2.48. The van der Waals surface area contributed by atoms with Crippen molar-refractivity contribution in [1.29, 1.82) is 0 Å². The Balaban J connectivity index is 2.76. The molecule has 150 valence electrons. The number of carbonyl (C=O) groups is 2. The summed E-state index contributed by atoms with van der Waals surface area (Å²) in [6, 6.07) is 4.44. The van der Waals surface area contributed by atoms with Gasteiger partial charge in [-0.2, -0.15) is 0 Å². The van der Waals surface area contributed by atoms with Gasteiger partial charge in [-0.25, -0.2) is 9.59 Å². The Morgan fingerprint density at radius 3 is 2.30 bits per heavy atom. The van der Waals surface area contributed by atoms with E-state index in [1.807, 2.05) is 0 Å². The number of esters is 1. The molecule has 1 aromatic carbocycles. The molecule has 0 aromatic heterocycles. The fourth-order valence-corrected chi connectivity index (χ4v) is 2.04. The van der Waals surface area contributed by atoms with Crippen LogP contribution in [-0.4, -0.2) is 47.9 Å². The second-order valence-corrected chi connectivity index (χ2v) is 6.83. The maximum absolute atomic E-state index is 12.3. The van der Waals surface area contributed by atoms with E-state index in [2.05, 4.69) is 5.32 Å². The number of amides is 1. The number of alkyl carbamates (subject to hydrolysis) is 1. The molecular weight excluding hydrogens is 356 g/mol. The Morgan fingerprint density at radius 1 is 1.22 bits per heavy atom. The molecule has 1 N–H and O–H groups in total. The number of ether oxygens (including phenoxy) is 3. The molecule has 1 rings (SSSR count). The molecule has 9 nitrogen and oxygen atoms in total. The minimum Gasteiger partial charge on any atom is -0.457 e. The van der Waals surface area contributed by atoms with Gasteiger partial charge in [-0.3, -0.25) is 10.1 Å². The third-order valence-corrected chi connectivity index (χ3v) is 3.38. The molecule has 0 saturated heterocycles. The van der Waals surface area contributed by atoms with Crippen LogP contribution < -0.4 is 5.32 Å². The summed E-state index contributed by atoms with van der Waals surface area (Å²) in [6.45, 7) is 9.19. The summed E-state index contributed by atoms with van der Waals surface area (Å²) in [7, 11) is 0. The summed E-state index contributed by atoms with van der Waals surface area (Å²) < 4.78 is 15.9. The van der Waals surface area contributed by atoms with E-state index >= 15 is 0 Å². The van der Waals surface area contributed by atoms with E-state index in [0.717, 1.165) is 0 Å². The van der Waals surface area contributed by atoms with Gasteiger partial charge in [0.2, 0.25) is 0 Å². The molecule has 0 aliphatic carbocycles. The van der Waals surface area contributed by atoms with Crippen LogP contribution in [0.25, 0.3) is 0 Å². The number of rotatable bonds is 8. The maximum Gasteiger partial charge on any atom is 0.408 e. The van der Waals surface area contributed by atoms with Gasteiger partial charge in [0.25, 0.3) is 5.69 Å². The first kappa shape index (κ1) is 22.4. The molecule has 0 radical (unpaired) electrons. The van der Waals surface area contributed by atoms with Crippen LogP contribution >= 0.6 is 0 Å². The van der Waals surface area contributed by atoms with E-state index in [1.165, 1.54) is 24.3 Å². The highest BCUT2D eigenvalue weighted by Gasteiger charge is 2.26. The Kier molecular flexibility index (Phi) is 8.17. The summed E-state index contributed by atoms with van der Waals surface area (Å²) in [5.74, 6) is -0.662. The summed E-state index contributed by atoms with van der Waals surface area (Å²) in [5, 5.41) is 13.3. The third-order valence-electron chi connectivity index (χ3n) is 3.38. The molecule has 2 atom stereocenters. The molecule has 0 spiro atoms. The molecule has 0 heterocycles. The van der Waals surface area contributed by atoms with Crippen molar-refractivity contribution < 1.29 is 28.7 Å². The summed E-state index contributed by atoms with van der Waals surface area (Å²) in [6.07, 6.45) is -1.36. The maximum atomic E-state index is 12.3. The number of hydrogen-bond donors (Lipinski definition) is 1. The number of benzene rings is 1. The standard InChI is InChI=1S/C18H26N2O7/c1-6-25-11-15(19-17(22)27-18(3,4)5)12(2)26-16(21)13-7-9-14(10-8-13)20(23)24/h7-10,12,15H,6,11H2,1-5H3,(H,19,22)/t12?,15-/m1/s1. The molecule has 0 aliphatic rings. The molecule has 1 unspecified atom stereocenters. The lowest BCUT2D eigenvalue weighted by Gasteiger charge is -2.27. The van der Waals surface area contributed by atoms with Crippen molar-refractivity contribution in [3.05, 3.63) is 39.9 Å². The average Bonchev–Trinajstić information content (AvgIpc) is 2.56. The zero-order chi connectivity index (χ0) is 20.6. The van der Waals surface area contributed by atoms with Crippen molar-refractivity contribution in [2.75, 3.05) is 13.2 Å². The fraction of sp³-hybridized carbons (Fsp3) is 0.556. The molecule has 0 saturated carbocycles. The number of non-ortho nitro benzene ring substituents is 1. The van der Waals surface area contributed by atoms with Gasteiger partial charge in [-0.1, -0.05) is 0 Å². The van der Waals surface area contributed by atoms with Crippen LogP contribution in [0.5, 0.6) is 0 Å². The van der Waals surface area contributed by atoms with Crippen LogP contribution in [0.1, 0.15) is 45.0 Å². The molecule has 0 aliphatic heterocycles. The first-order valence-electron chi connectivity index (χ1n) is 8.56. The number of nitro groups is 1. The fourth-order valence-electron chi connectivity index (χ4n) is 2.04. The SMILES string of the molecule is CCOC[C@@H](NC(=O)OC(C)(C)C)C(C)OC(=O)c1ccc([N+](=O)[O-])cc1. The lowest BCUT2D eigenvalue weighted by molar-refractivity contribution is -0.384. The Morgan fingerprint density at radius 2 is 1.81 bits per heavy atom. The number of nitro benzene ring substituents is 1. The van der Waals surface area contributed by atoms with Gasteiger partial charge in [-0.05, 0) is 46.8 Å². The van der Waals surface area contributed by atoms with Gasteiger partial charge in [0.05, 0.1) is 23.1 Å². The van der Waals surface area contributed by atoms with Crippen molar-refractivity contribution >= 4 is 17.7 Å². The van der Waals surface area contributed by atoms with Crippen LogP contribution in [0.3, 0.4) is 0 Å². The Labute approximate surface area is 158 Å². The number of nitrogens with one attached hydrogen (secondary N) is 1. The van der Waals surface area contributed by atoms with Gasteiger partial charge in [0.15, 0.2) is 0 Å². The molecule has 9 heteroatoms. The quantitative estimate of drug-likeness (QED) is 0.417. The molecule has 1 aromatic rings. The summed E-state index contributed by atoms with van der Waals surface area (Å²) >= 11 is 0. The number of nitrogens with zero attached hydrogens (tertiary/aromatic N) is 1. The van der Waals surface area contributed by atoms with Crippen LogP contribution in [0.2, 0.25) is 0 Å². The molecule has 1 amide bonds. The van der Waals surface area contributed by atoms with Gasteiger partial charge in [0.1, 0.15) is 11.7 Å². The smallest absolute Gasteiger partial charge is 0.408 e. The van der Waals surface area contributed by atoms with Crippen LogP contribution in [0, 0.1) is 10.1 Å². The second kappa shape index (κ2) is 9.86. The zero-order valence-electron chi connectivity index (χ0n) is 16.2. The Hall–Kier alpha value is -2.68. The van der Waals surface area contributed by atoms with Crippen molar-refractivity contribution in [3.63, 3.8) is 0 Å². The average molecular weight is 382 g/mol. The zero-order valence-corrected chi connectivity index (χ0v) is 16.2. The van der Waals surface area contributed by atoms with Crippen LogP contribution in [-0.2, 0) is 14.2 Å². The van der Waals surface area contributed by atoms with Crippen LogP contribution in [0.4, 0.5) is 10.5 Å². The second-order valence-electron chi connectivity index (χ2n) is 6.83. The minimum atomic E-state index is -0.716. The first-order chi connectivity index (χ1) is 12.5. The minimum absolute atomic E-state index is 0.125. The van der Waals surface area contributed by atoms with Crippen molar-refractivity contribution in [2.45, 2.75) is 52.4 Å². The molecule has 0 fully saturated rings. The predicted molar refractivity (Wildman–Crippen MR) is 97.6 cm³/mol. The van der Waals surface area contributed by atoms with Crippen molar-refractivity contribution in [1.82, 2.24) is 5.32 Å². The van der Waals surface area contributed by atoms with Crippen molar-refractivity contribution in [2.24, 2.45) is 0 Å². The predicted octanol–water partition coefficient (Wildman–Crippen LogP) is 3.07. The van der Waals surface area contributed by atoms with E-state index in [4.69, 9.17) is 14.2 Å². The van der Waals surface area contributed by atoms with E-state index in [0.29, 0.717) is 6.61 Å². The first-order valence-corrected chi connectivity index (χ1v) is 8.56. The van der Waals surface area contributed by atoms with Crippen LogP contribution in [0.15, 0.2) is 24.3 Å². The topological polar surface area (TPSA) is 117 Å². The normalized spacial score (nSPS) is 13.4. The van der Waals surface area contributed by atoms with E-state index in [-0.39, 0.29) is 17.9 Å². The van der Waals surface area contributed by atoms with Gasteiger partial charge in [0, 0.05) is 18.7 Å². The largest absolute Gasteiger partial charge is 0.457 e. The number of carbonyl (C=O) groups excluding carboxylic acids is 2. The van der Waals surface area contributed by atoms with E-state index in [9.17, 15) is 19.7 Å². The van der Waals surface area contributed by atoms with Gasteiger partial charge < -0.3 is 19.5 Å². The molecule has 27 heavy (non-hydrogen) atoms. The molecular formula is C18H26N2O7. The monoisotopic (exact) mass is 382 g/mol. The Bertz CT molecular complexity index is 653. The highest BCUT2D eigenvalue weighted by molar-refractivity contribution is 5.89.